The van der Waals surface area contributed by atoms with Gasteiger partial charge in [-0.1, -0.05) is 18.1 Å². The lowest BCUT2D eigenvalue weighted by Crippen LogP contribution is -2.11. The third-order valence-electron chi connectivity index (χ3n) is 4.52. The van der Waals surface area contributed by atoms with Gasteiger partial charge in [0.2, 0.25) is 0 Å². The molecule has 2 aliphatic carbocycles. The number of hydrogen-bond donors (Lipinski definition) is 0. The van der Waals surface area contributed by atoms with Gasteiger partial charge in [-0.2, -0.15) is 0 Å². The summed E-state index contributed by atoms with van der Waals surface area (Å²) in [6.45, 7) is 6.40. The zero-order chi connectivity index (χ0) is 11.0. The topological polar surface area (TPSA) is 17.1 Å². The van der Waals surface area contributed by atoms with Crippen LogP contribution in [0.2, 0.25) is 0 Å². The van der Waals surface area contributed by atoms with Crippen molar-refractivity contribution in [3.05, 3.63) is 11.1 Å². The zero-order valence-corrected chi connectivity index (χ0v) is 10.2. The van der Waals surface area contributed by atoms with Gasteiger partial charge in [0.15, 0.2) is 0 Å². The summed E-state index contributed by atoms with van der Waals surface area (Å²) in [6, 6.07) is 0. The molecule has 2 aliphatic rings. The van der Waals surface area contributed by atoms with E-state index in [1.54, 1.807) is 18.1 Å². The summed E-state index contributed by atoms with van der Waals surface area (Å²) < 4.78 is 0. The van der Waals surface area contributed by atoms with Gasteiger partial charge in [0.05, 0.1) is 0 Å². The van der Waals surface area contributed by atoms with Crippen molar-refractivity contribution in [3.8, 4) is 0 Å². The predicted molar refractivity (Wildman–Crippen MR) is 62.6 cm³/mol. The van der Waals surface area contributed by atoms with Crippen molar-refractivity contribution in [2.45, 2.75) is 52.9 Å². The number of carbonyl (C=O) groups excluding carboxylic acids is 1. The normalized spacial score (nSPS) is 36.3. The molecule has 0 unspecified atom stereocenters. The molecule has 0 radical (unpaired) electrons. The summed E-state index contributed by atoms with van der Waals surface area (Å²) >= 11 is 0. The molecule has 0 aliphatic heterocycles. The molecule has 0 aromatic rings. The highest BCUT2D eigenvalue weighted by atomic mass is 16.1. The second-order valence-corrected chi connectivity index (χ2v) is 5.52. The average molecular weight is 206 g/mol. The van der Waals surface area contributed by atoms with Crippen LogP contribution in [0.3, 0.4) is 0 Å². The fraction of sp³-hybridized carbons (Fsp3) is 0.786. The van der Waals surface area contributed by atoms with Crippen LogP contribution in [0, 0.1) is 17.8 Å². The Hall–Kier alpha value is -0.590. The maximum atomic E-state index is 11.5. The number of allylic oxidation sites excluding steroid dienone is 2. The van der Waals surface area contributed by atoms with Crippen LogP contribution < -0.4 is 0 Å². The lowest BCUT2D eigenvalue weighted by molar-refractivity contribution is -0.120. The van der Waals surface area contributed by atoms with Crippen molar-refractivity contribution in [3.63, 3.8) is 0 Å². The fourth-order valence-electron chi connectivity index (χ4n) is 3.36. The van der Waals surface area contributed by atoms with E-state index in [1.807, 2.05) is 0 Å². The third-order valence-corrected chi connectivity index (χ3v) is 4.52. The van der Waals surface area contributed by atoms with Crippen LogP contribution in [0.5, 0.6) is 0 Å². The van der Waals surface area contributed by atoms with Crippen molar-refractivity contribution in [2.75, 3.05) is 0 Å². The fourth-order valence-corrected chi connectivity index (χ4v) is 3.36. The Morgan fingerprint density at radius 2 is 2.00 bits per heavy atom. The largest absolute Gasteiger partial charge is 0.300 e. The van der Waals surface area contributed by atoms with E-state index in [4.69, 9.17) is 0 Å². The second kappa shape index (κ2) is 4.11. The summed E-state index contributed by atoms with van der Waals surface area (Å²) in [5.74, 6) is 2.31. The Morgan fingerprint density at radius 3 is 2.67 bits per heavy atom. The van der Waals surface area contributed by atoms with Crippen molar-refractivity contribution in [1.29, 1.82) is 0 Å². The lowest BCUT2D eigenvalue weighted by atomic mass is 9.86. The summed E-state index contributed by atoms with van der Waals surface area (Å²) in [7, 11) is 0. The van der Waals surface area contributed by atoms with Crippen LogP contribution in [0.1, 0.15) is 52.9 Å². The molecule has 84 valence electrons. The molecular weight excluding hydrogens is 184 g/mol. The molecule has 0 aromatic heterocycles. The van der Waals surface area contributed by atoms with Gasteiger partial charge in [0.25, 0.3) is 0 Å². The van der Waals surface area contributed by atoms with Crippen LogP contribution >= 0.6 is 0 Å². The SMILES string of the molecule is CC(=O)[C@H]1CC[C@H](C)[C@@H]2CCC(C)=C2C1. The highest BCUT2D eigenvalue weighted by Gasteiger charge is 2.33. The lowest BCUT2D eigenvalue weighted by Gasteiger charge is -2.18. The maximum Gasteiger partial charge on any atom is 0.133 e. The Labute approximate surface area is 92.9 Å². The first kappa shape index (κ1) is 10.9. The van der Waals surface area contributed by atoms with E-state index in [0.717, 1.165) is 24.7 Å². The van der Waals surface area contributed by atoms with Gasteiger partial charge in [0, 0.05) is 5.92 Å². The Bertz CT molecular complexity index is 300. The average Bonchev–Trinajstić information content (AvgIpc) is 2.43. The van der Waals surface area contributed by atoms with Gasteiger partial charge >= 0.3 is 0 Å². The third kappa shape index (κ3) is 2.02. The summed E-state index contributed by atoms with van der Waals surface area (Å²) in [6.07, 6.45) is 6.04. The number of hydrogen-bond acceptors (Lipinski definition) is 1. The highest BCUT2D eigenvalue weighted by molar-refractivity contribution is 5.78. The van der Waals surface area contributed by atoms with Crippen molar-refractivity contribution >= 4 is 5.78 Å². The molecule has 0 heterocycles. The zero-order valence-electron chi connectivity index (χ0n) is 10.2. The Morgan fingerprint density at radius 1 is 1.27 bits per heavy atom. The Kier molecular flexibility index (Phi) is 2.99. The van der Waals surface area contributed by atoms with Gasteiger partial charge < -0.3 is 0 Å². The quantitative estimate of drug-likeness (QED) is 0.597. The van der Waals surface area contributed by atoms with E-state index in [-0.39, 0.29) is 0 Å². The number of rotatable bonds is 1. The van der Waals surface area contributed by atoms with E-state index >= 15 is 0 Å². The minimum atomic E-state index is 0.320. The summed E-state index contributed by atoms with van der Waals surface area (Å²) in [4.78, 5) is 11.5. The summed E-state index contributed by atoms with van der Waals surface area (Å²) in [5, 5.41) is 0. The van der Waals surface area contributed by atoms with Crippen LogP contribution in [-0.2, 0) is 4.79 Å². The molecular formula is C14H22O. The van der Waals surface area contributed by atoms with Crippen molar-refractivity contribution < 1.29 is 4.79 Å². The van der Waals surface area contributed by atoms with E-state index in [0.29, 0.717) is 11.7 Å². The van der Waals surface area contributed by atoms with Crippen LogP contribution in [0.4, 0.5) is 0 Å². The monoisotopic (exact) mass is 206 g/mol. The molecule has 0 spiro atoms. The molecule has 15 heavy (non-hydrogen) atoms. The van der Waals surface area contributed by atoms with Gasteiger partial charge in [-0.05, 0) is 57.8 Å². The number of ketones is 1. The van der Waals surface area contributed by atoms with Gasteiger partial charge in [-0.25, -0.2) is 0 Å². The van der Waals surface area contributed by atoms with Gasteiger partial charge in [-0.15, -0.1) is 0 Å². The molecule has 0 aromatic carbocycles. The molecule has 1 nitrogen and oxygen atoms in total. The van der Waals surface area contributed by atoms with E-state index in [2.05, 4.69) is 13.8 Å². The van der Waals surface area contributed by atoms with Crippen LogP contribution in [0.15, 0.2) is 11.1 Å². The second-order valence-electron chi connectivity index (χ2n) is 5.52. The van der Waals surface area contributed by atoms with Crippen molar-refractivity contribution in [2.24, 2.45) is 17.8 Å². The molecule has 2 rings (SSSR count). The molecule has 0 N–H and O–H groups in total. The first-order chi connectivity index (χ1) is 7.09. The Balaban J connectivity index is 2.23. The van der Waals surface area contributed by atoms with E-state index < -0.39 is 0 Å². The maximum absolute atomic E-state index is 11.5. The van der Waals surface area contributed by atoms with E-state index in [1.165, 1.54) is 19.3 Å². The molecule has 0 saturated heterocycles. The minimum Gasteiger partial charge on any atom is -0.300 e. The van der Waals surface area contributed by atoms with Crippen LogP contribution in [0.25, 0.3) is 0 Å². The summed E-state index contributed by atoms with van der Waals surface area (Å²) in [5.41, 5.74) is 3.22. The molecule has 1 fully saturated rings. The van der Waals surface area contributed by atoms with Gasteiger partial charge in [-0.3, -0.25) is 4.79 Å². The van der Waals surface area contributed by atoms with Gasteiger partial charge in [0.1, 0.15) is 5.78 Å². The van der Waals surface area contributed by atoms with E-state index in [9.17, 15) is 4.79 Å². The molecule has 1 saturated carbocycles. The van der Waals surface area contributed by atoms with Crippen LogP contribution in [-0.4, -0.2) is 5.78 Å². The van der Waals surface area contributed by atoms with Crippen molar-refractivity contribution in [1.82, 2.24) is 0 Å². The molecule has 3 atom stereocenters. The first-order valence-electron chi connectivity index (χ1n) is 6.28. The number of carbonyl (C=O) groups is 1. The molecule has 0 bridgehead atoms. The smallest absolute Gasteiger partial charge is 0.133 e. The highest BCUT2D eigenvalue weighted by Crippen LogP contribution is 2.45. The standard InChI is InChI=1S/C14H22O/c1-9-4-6-12(11(3)15)8-14-10(2)5-7-13(9)14/h9,12-13H,4-8H2,1-3H3/t9-,12-,13-/m0/s1. The minimum absolute atomic E-state index is 0.320. The first-order valence-corrected chi connectivity index (χ1v) is 6.28. The number of Topliss-reactive ketones (excluding diaryl/α,β-unsaturated/α-hetero) is 1. The predicted octanol–water partition coefficient (Wildman–Crippen LogP) is 3.74. The molecule has 0 amide bonds. The number of fused-ring (bicyclic) bond motifs is 1. The molecule has 1 heteroatoms.